The summed E-state index contributed by atoms with van der Waals surface area (Å²) in [6, 6.07) is 8.73. The van der Waals surface area contributed by atoms with Gasteiger partial charge in [-0.2, -0.15) is 17.5 Å². The van der Waals surface area contributed by atoms with Gasteiger partial charge in [-0.25, -0.2) is 13.2 Å². The Kier molecular flexibility index (Phi) is 6.97. The van der Waals surface area contributed by atoms with E-state index in [2.05, 4.69) is 10.6 Å². The maximum Gasteiger partial charge on any atom is 0.422 e. The molecule has 1 saturated heterocycles. The van der Waals surface area contributed by atoms with Gasteiger partial charge in [-0.3, -0.25) is 0 Å². The Labute approximate surface area is 182 Å². The van der Waals surface area contributed by atoms with Gasteiger partial charge in [0.1, 0.15) is 5.75 Å². The molecular formula is C19H19ClF3N3O4S. The number of halogens is 4. The van der Waals surface area contributed by atoms with Crippen molar-refractivity contribution >= 4 is 39.0 Å². The minimum atomic E-state index is -4.61. The first-order valence-corrected chi connectivity index (χ1v) is 11.0. The van der Waals surface area contributed by atoms with E-state index in [0.717, 1.165) is 31.0 Å². The Hall–Kier alpha value is -2.50. The van der Waals surface area contributed by atoms with Crippen LogP contribution in [0.4, 0.5) is 29.3 Å². The molecule has 0 bridgehead atoms. The number of urea groups is 1. The minimum Gasteiger partial charge on any atom is -0.482 e. The fourth-order valence-electron chi connectivity index (χ4n) is 2.98. The Balaban J connectivity index is 1.87. The molecule has 1 heterocycles. The molecule has 2 N–H and O–H groups in total. The summed E-state index contributed by atoms with van der Waals surface area (Å²) in [4.78, 5) is 12.2. The summed E-state index contributed by atoms with van der Waals surface area (Å²) >= 11 is 5.86. The molecule has 3 rings (SSSR count). The van der Waals surface area contributed by atoms with Crippen molar-refractivity contribution in [2.45, 2.75) is 23.9 Å². The third-order valence-electron chi connectivity index (χ3n) is 4.38. The SMILES string of the molecule is O=C(Nc1cccc(Cl)c1)Nc1cc(S(=O)(=O)N2CCCC2)ccc1OCC(F)(F)F. The zero-order valence-electron chi connectivity index (χ0n) is 16.1. The van der Waals surface area contributed by atoms with Gasteiger partial charge in [0, 0.05) is 23.8 Å². The molecule has 2 amide bonds. The largest absolute Gasteiger partial charge is 0.482 e. The molecule has 0 spiro atoms. The Morgan fingerprint density at radius 2 is 1.81 bits per heavy atom. The average Bonchev–Trinajstić information content (AvgIpc) is 3.22. The first kappa shape index (κ1) is 23.2. The third kappa shape index (κ3) is 6.25. The maximum absolute atomic E-state index is 12.8. The lowest BCUT2D eigenvalue weighted by molar-refractivity contribution is -0.153. The molecule has 168 valence electrons. The highest BCUT2D eigenvalue weighted by Gasteiger charge is 2.31. The summed E-state index contributed by atoms with van der Waals surface area (Å²) in [5.74, 6) is -0.320. The van der Waals surface area contributed by atoms with Crippen molar-refractivity contribution in [2.75, 3.05) is 30.3 Å². The number of amides is 2. The van der Waals surface area contributed by atoms with E-state index < -0.39 is 28.8 Å². The maximum atomic E-state index is 12.8. The normalized spacial score (nSPS) is 15.0. The van der Waals surface area contributed by atoms with E-state index >= 15 is 0 Å². The lowest BCUT2D eigenvalue weighted by atomic mass is 10.3. The monoisotopic (exact) mass is 477 g/mol. The van der Waals surface area contributed by atoms with Gasteiger partial charge in [-0.1, -0.05) is 17.7 Å². The highest BCUT2D eigenvalue weighted by atomic mass is 35.5. The molecule has 0 unspecified atom stereocenters. The number of ether oxygens (including phenoxy) is 1. The number of anilines is 2. The van der Waals surface area contributed by atoms with E-state index in [0.29, 0.717) is 23.8 Å². The average molecular weight is 478 g/mol. The smallest absolute Gasteiger partial charge is 0.422 e. The summed E-state index contributed by atoms with van der Waals surface area (Å²) in [5.41, 5.74) is 0.118. The molecule has 7 nitrogen and oxygen atoms in total. The Bertz CT molecular complexity index is 1060. The number of benzene rings is 2. The second-order valence-corrected chi connectivity index (χ2v) is 9.14. The Morgan fingerprint density at radius 3 is 2.45 bits per heavy atom. The van der Waals surface area contributed by atoms with Crippen molar-refractivity contribution in [1.82, 2.24) is 4.31 Å². The first-order valence-electron chi connectivity index (χ1n) is 9.22. The van der Waals surface area contributed by atoms with Crippen molar-refractivity contribution < 1.29 is 31.1 Å². The van der Waals surface area contributed by atoms with Crippen LogP contribution < -0.4 is 15.4 Å². The molecular weight excluding hydrogens is 459 g/mol. The van der Waals surface area contributed by atoms with Crippen molar-refractivity contribution in [3.63, 3.8) is 0 Å². The van der Waals surface area contributed by atoms with Crippen LogP contribution in [0.15, 0.2) is 47.4 Å². The molecule has 12 heteroatoms. The van der Waals surface area contributed by atoms with Gasteiger partial charge in [0.2, 0.25) is 10.0 Å². The van der Waals surface area contributed by atoms with Crippen molar-refractivity contribution in [3.8, 4) is 5.75 Å². The molecule has 31 heavy (non-hydrogen) atoms. The van der Waals surface area contributed by atoms with Gasteiger partial charge >= 0.3 is 12.2 Å². The van der Waals surface area contributed by atoms with Crippen LogP contribution in [-0.4, -0.2) is 44.6 Å². The fraction of sp³-hybridized carbons (Fsp3) is 0.316. The fourth-order valence-corrected chi connectivity index (χ4v) is 4.72. The minimum absolute atomic E-state index is 0.160. The zero-order chi connectivity index (χ0) is 22.6. The zero-order valence-corrected chi connectivity index (χ0v) is 17.6. The standard InChI is InChI=1S/C19H19ClF3N3O4S/c20-13-4-3-5-14(10-13)24-18(27)25-16-11-15(31(28,29)26-8-1-2-9-26)6-7-17(16)30-12-19(21,22)23/h3-7,10-11H,1-2,8-9,12H2,(H2,24,25,27). The van der Waals surface area contributed by atoms with Crippen molar-refractivity contribution in [3.05, 3.63) is 47.5 Å². The van der Waals surface area contributed by atoms with Crippen LogP contribution in [0, 0.1) is 0 Å². The predicted octanol–water partition coefficient (Wildman–Crippen LogP) is 4.71. The molecule has 0 atom stereocenters. The van der Waals surface area contributed by atoms with Crippen LogP contribution in [0.1, 0.15) is 12.8 Å². The number of nitrogens with one attached hydrogen (secondary N) is 2. The molecule has 0 radical (unpaired) electrons. The number of hydrogen-bond acceptors (Lipinski definition) is 4. The van der Waals surface area contributed by atoms with Gasteiger partial charge in [0.25, 0.3) is 0 Å². The quantitative estimate of drug-likeness (QED) is 0.630. The van der Waals surface area contributed by atoms with E-state index in [1.54, 1.807) is 18.2 Å². The second-order valence-electron chi connectivity index (χ2n) is 6.76. The van der Waals surface area contributed by atoms with Crippen LogP contribution in [0.25, 0.3) is 0 Å². The van der Waals surface area contributed by atoms with Gasteiger partial charge in [0.05, 0.1) is 10.6 Å². The summed E-state index contributed by atoms with van der Waals surface area (Å²) in [5, 5.41) is 5.19. The highest BCUT2D eigenvalue weighted by molar-refractivity contribution is 7.89. The molecule has 1 aliphatic rings. The summed E-state index contributed by atoms with van der Waals surface area (Å²) in [6.07, 6.45) is -3.17. The summed E-state index contributed by atoms with van der Waals surface area (Å²) in [7, 11) is -3.86. The number of rotatable bonds is 6. The number of alkyl halides is 3. The second kappa shape index (κ2) is 9.33. The Morgan fingerprint density at radius 1 is 1.10 bits per heavy atom. The molecule has 1 aliphatic heterocycles. The van der Waals surface area contributed by atoms with Crippen LogP contribution in [-0.2, 0) is 10.0 Å². The van der Waals surface area contributed by atoms with Crippen LogP contribution >= 0.6 is 11.6 Å². The van der Waals surface area contributed by atoms with Crippen LogP contribution in [0.3, 0.4) is 0 Å². The van der Waals surface area contributed by atoms with E-state index in [1.807, 2.05) is 0 Å². The topological polar surface area (TPSA) is 87.7 Å². The van der Waals surface area contributed by atoms with Crippen molar-refractivity contribution in [1.29, 1.82) is 0 Å². The lowest BCUT2D eigenvalue weighted by Gasteiger charge is -2.18. The van der Waals surface area contributed by atoms with Crippen LogP contribution in [0.5, 0.6) is 5.75 Å². The predicted molar refractivity (Wildman–Crippen MR) is 110 cm³/mol. The van der Waals surface area contributed by atoms with Gasteiger partial charge < -0.3 is 15.4 Å². The molecule has 0 aromatic heterocycles. The molecule has 0 aliphatic carbocycles. The molecule has 0 saturated carbocycles. The van der Waals surface area contributed by atoms with Gasteiger partial charge in [0.15, 0.2) is 6.61 Å². The molecule has 2 aromatic carbocycles. The third-order valence-corrected chi connectivity index (χ3v) is 6.51. The summed E-state index contributed by atoms with van der Waals surface area (Å²) < 4.78 is 69.4. The van der Waals surface area contributed by atoms with E-state index in [4.69, 9.17) is 16.3 Å². The molecule has 2 aromatic rings. The molecule has 1 fully saturated rings. The number of carbonyl (C=O) groups excluding carboxylic acids is 1. The number of hydrogen-bond donors (Lipinski definition) is 2. The first-order chi connectivity index (χ1) is 14.5. The van der Waals surface area contributed by atoms with Gasteiger partial charge in [-0.05, 0) is 49.2 Å². The van der Waals surface area contributed by atoms with Crippen LogP contribution in [0.2, 0.25) is 5.02 Å². The number of carbonyl (C=O) groups is 1. The highest BCUT2D eigenvalue weighted by Crippen LogP contribution is 2.32. The van der Waals surface area contributed by atoms with Gasteiger partial charge in [-0.15, -0.1) is 0 Å². The van der Waals surface area contributed by atoms with Crippen molar-refractivity contribution in [2.24, 2.45) is 0 Å². The number of nitrogens with zero attached hydrogens (tertiary/aromatic N) is 1. The summed E-state index contributed by atoms with van der Waals surface area (Å²) in [6.45, 7) is -0.894. The number of sulfonamides is 1. The van der Waals surface area contributed by atoms with E-state index in [-0.39, 0.29) is 16.3 Å². The van der Waals surface area contributed by atoms with E-state index in [1.165, 1.54) is 10.4 Å². The van der Waals surface area contributed by atoms with E-state index in [9.17, 15) is 26.4 Å². The lowest BCUT2D eigenvalue weighted by Crippen LogP contribution is -2.28.